The minimum Gasteiger partial charge on any atom is -0.394 e. The van der Waals surface area contributed by atoms with Crippen molar-refractivity contribution in [3.05, 3.63) is 23.4 Å². The third-order valence-electron chi connectivity index (χ3n) is 2.00. The van der Waals surface area contributed by atoms with Crippen molar-refractivity contribution >= 4 is 5.82 Å². The van der Waals surface area contributed by atoms with E-state index in [1.807, 2.05) is 13.0 Å². The molecule has 0 unspecified atom stereocenters. The number of anilines is 1. The van der Waals surface area contributed by atoms with E-state index in [1.165, 1.54) is 0 Å². The number of hydrogen-bond donors (Lipinski definition) is 3. The molecule has 1 rings (SSSR count). The molecule has 1 aromatic heterocycles. The van der Waals surface area contributed by atoms with Crippen LogP contribution in [-0.4, -0.2) is 16.7 Å². The summed E-state index contributed by atoms with van der Waals surface area (Å²) >= 11 is 0. The zero-order valence-electron chi connectivity index (χ0n) is 7.91. The van der Waals surface area contributed by atoms with Gasteiger partial charge in [-0.2, -0.15) is 0 Å². The lowest BCUT2D eigenvalue weighted by atomic mass is 9.94. The molecular formula is C9H15N3O. The zero-order chi connectivity index (χ0) is 10.1. The summed E-state index contributed by atoms with van der Waals surface area (Å²) in [6, 6.07) is 1.85. The van der Waals surface area contributed by atoms with Gasteiger partial charge in [-0.3, -0.25) is 0 Å². The molecule has 1 atom stereocenters. The fraction of sp³-hybridized carbons (Fsp3) is 0.444. The molecule has 0 bridgehead atoms. The molecule has 72 valence electrons. The summed E-state index contributed by atoms with van der Waals surface area (Å²) < 4.78 is 0. The maximum absolute atomic E-state index is 9.05. The van der Waals surface area contributed by atoms with E-state index in [-0.39, 0.29) is 6.61 Å². The van der Waals surface area contributed by atoms with Crippen molar-refractivity contribution in [2.75, 3.05) is 12.3 Å². The molecule has 0 spiro atoms. The fourth-order valence-electron chi connectivity index (χ4n) is 1.12. The summed E-state index contributed by atoms with van der Waals surface area (Å²) in [6.45, 7) is 3.48. The second kappa shape index (κ2) is 3.32. The fourth-order valence-corrected chi connectivity index (χ4v) is 1.12. The van der Waals surface area contributed by atoms with Crippen LogP contribution in [0.25, 0.3) is 0 Å². The SMILES string of the molecule is Cc1cnc(N)c([C@@](C)(N)CO)c1. The van der Waals surface area contributed by atoms with Crippen LogP contribution >= 0.6 is 0 Å². The van der Waals surface area contributed by atoms with E-state index in [1.54, 1.807) is 13.1 Å². The van der Waals surface area contributed by atoms with Crippen molar-refractivity contribution in [3.8, 4) is 0 Å². The molecule has 4 heteroatoms. The van der Waals surface area contributed by atoms with Gasteiger partial charge in [-0.1, -0.05) is 0 Å². The number of rotatable bonds is 2. The normalized spacial score (nSPS) is 15.4. The third-order valence-corrected chi connectivity index (χ3v) is 2.00. The summed E-state index contributed by atoms with van der Waals surface area (Å²) in [5.74, 6) is 0.379. The lowest BCUT2D eigenvalue weighted by Gasteiger charge is -2.23. The van der Waals surface area contributed by atoms with Crippen LogP contribution in [0.2, 0.25) is 0 Å². The van der Waals surface area contributed by atoms with Crippen molar-refractivity contribution in [2.45, 2.75) is 19.4 Å². The summed E-state index contributed by atoms with van der Waals surface area (Å²) in [4.78, 5) is 3.98. The Morgan fingerprint density at radius 3 is 2.77 bits per heavy atom. The van der Waals surface area contributed by atoms with Gasteiger partial charge in [-0.25, -0.2) is 4.98 Å². The molecule has 0 saturated carbocycles. The number of pyridine rings is 1. The first-order valence-corrected chi connectivity index (χ1v) is 4.09. The van der Waals surface area contributed by atoms with Gasteiger partial charge in [0.15, 0.2) is 0 Å². The van der Waals surface area contributed by atoms with Gasteiger partial charge in [-0.05, 0) is 25.5 Å². The minimum absolute atomic E-state index is 0.150. The molecule has 0 aromatic carbocycles. The van der Waals surface area contributed by atoms with Gasteiger partial charge < -0.3 is 16.6 Å². The Morgan fingerprint density at radius 1 is 1.62 bits per heavy atom. The molecule has 0 aliphatic heterocycles. The first-order valence-electron chi connectivity index (χ1n) is 4.09. The largest absolute Gasteiger partial charge is 0.394 e. The molecule has 0 amide bonds. The molecule has 1 heterocycles. The van der Waals surface area contributed by atoms with Gasteiger partial charge in [0.05, 0.1) is 12.1 Å². The number of nitrogens with two attached hydrogens (primary N) is 2. The Balaban J connectivity index is 3.20. The smallest absolute Gasteiger partial charge is 0.128 e. The van der Waals surface area contributed by atoms with Gasteiger partial charge >= 0.3 is 0 Å². The summed E-state index contributed by atoms with van der Waals surface area (Å²) in [5, 5.41) is 9.05. The number of aromatic nitrogens is 1. The molecule has 13 heavy (non-hydrogen) atoms. The Morgan fingerprint density at radius 2 is 2.23 bits per heavy atom. The number of hydrogen-bond acceptors (Lipinski definition) is 4. The van der Waals surface area contributed by atoms with E-state index < -0.39 is 5.54 Å². The topological polar surface area (TPSA) is 85.2 Å². The standard InChI is InChI=1S/C9H15N3O/c1-6-3-7(8(10)12-4-6)9(2,11)5-13/h3-4,13H,5,11H2,1-2H3,(H2,10,12)/t9-/m0/s1. The Labute approximate surface area is 77.6 Å². The van der Waals surface area contributed by atoms with Crippen molar-refractivity contribution in [1.29, 1.82) is 0 Å². The third kappa shape index (κ3) is 1.96. The molecule has 0 saturated heterocycles. The Kier molecular flexibility index (Phi) is 2.54. The number of aliphatic hydroxyl groups is 1. The monoisotopic (exact) mass is 181 g/mol. The minimum atomic E-state index is -0.816. The quantitative estimate of drug-likeness (QED) is 0.605. The van der Waals surface area contributed by atoms with Crippen LogP contribution < -0.4 is 11.5 Å². The van der Waals surface area contributed by atoms with Gasteiger partial charge in [0.1, 0.15) is 5.82 Å². The van der Waals surface area contributed by atoms with E-state index in [2.05, 4.69) is 4.98 Å². The van der Waals surface area contributed by atoms with Crippen LogP contribution in [0.3, 0.4) is 0 Å². The van der Waals surface area contributed by atoms with Gasteiger partial charge in [0, 0.05) is 11.8 Å². The predicted molar refractivity (Wildman–Crippen MR) is 52.0 cm³/mol. The van der Waals surface area contributed by atoms with E-state index in [0.29, 0.717) is 11.4 Å². The highest BCUT2D eigenvalue weighted by Crippen LogP contribution is 2.22. The average molecular weight is 181 g/mol. The van der Waals surface area contributed by atoms with E-state index in [0.717, 1.165) is 5.56 Å². The summed E-state index contributed by atoms with van der Waals surface area (Å²) in [6.07, 6.45) is 1.67. The van der Waals surface area contributed by atoms with Gasteiger partial charge in [0.25, 0.3) is 0 Å². The number of nitrogen functional groups attached to an aromatic ring is 1. The first-order chi connectivity index (χ1) is 5.97. The lowest BCUT2D eigenvalue weighted by Crippen LogP contribution is -2.38. The maximum Gasteiger partial charge on any atom is 0.128 e. The molecule has 1 aromatic rings. The predicted octanol–water partition coefficient (Wildman–Crippen LogP) is 0.138. The number of aryl methyl sites for hydroxylation is 1. The van der Waals surface area contributed by atoms with Gasteiger partial charge in [-0.15, -0.1) is 0 Å². The number of aliphatic hydroxyl groups excluding tert-OH is 1. The van der Waals surface area contributed by atoms with Gasteiger partial charge in [0.2, 0.25) is 0 Å². The molecule has 0 aliphatic carbocycles. The van der Waals surface area contributed by atoms with E-state index in [9.17, 15) is 0 Å². The second-order valence-corrected chi connectivity index (χ2v) is 3.52. The van der Waals surface area contributed by atoms with E-state index in [4.69, 9.17) is 16.6 Å². The first kappa shape index (κ1) is 9.95. The molecule has 0 radical (unpaired) electrons. The summed E-state index contributed by atoms with van der Waals surface area (Å²) in [7, 11) is 0. The van der Waals surface area contributed by atoms with Crippen molar-refractivity contribution < 1.29 is 5.11 Å². The number of nitrogens with zero attached hydrogens (tertiary/aromatic N) is 1. The molecular weight excluding hydrogens is 166 g/mol. The molecule has 5 N–H and O–H groups in total. The van der Waals surface area contributed by atoms with Crippen molar-refractivity contribution in [1.82, 2.24) is 4.98 Å². The van der Waals surface area contributed by atoms with Crippen LogP contribution in [0.1, 0.15) is 18.1 Å². The highest BCUT2D eigenvalue weighted by Gasteiger charge is 2.23. The van der Waals surface area contributed by atoms with Crippen LogP contribution in [0.15, 0.2) is 12.3 Å². The Hall–Kier alpha value is -1.13. The summed E-state index contributed by atoms with van der Waals surface area (Å²) in [5.41, 5.74) is 12.3. The van der Waals surface area contributed by atoms with E-state index >= 15 is 0 Å². The van der Waals surface area contributed by atoms with Crippen LogP contribution in [0, 0.1) is 6.92 Å². The van der Waals surface area contributed by atoms with Crippen LogP contribution in [0.4, 0.5) is 5.82 Å². The van der Waals surface area contributed by atoms with Crippen LogP contribution in [0.5, 0.6) is 0 Å². The molecule has 0 fully saturated rings. The second-order valence-electron chi connectivity index (χ2n) is 3.52. The van der Waals surface area contributed by atoms with Crippen molar-refractivity contribution in [3.63, 3.8) is 0 Å². The highest BCUT2D eigenvalue weighted by atomic mass is 16.3. The lowest BCUT2D eigenvalue weighted by molar-refractivity contribution is 0.210. The highest BCUT2D eigenvalue weighted by molar-refractivity contribution is 5.45. The van der Waals surface area contributed by atoms with Crippen molar-refractivity contribution in [2.24, 2.45) is 5.73 Å². The molecule has 0 aliphatic rings. The molecule has 4 nitrogen and oxygen atoms in total. The Bertz CT molecular complexity index is 310. The zero-order valence-corrected chi connectivity index (χ0v) is 7.91. The average Bonchev–Trinajstić information content (AvgIpc) is 2.09. The van der Waals surface area contributed by atoms with Crippen LogP contribution in [-0.2, 0) is 5.54 Å². The maximum atomic E-state index is 9.05.